The van der Waals surface area contributed by atoms with Crippen LogP contribution in [0.2, 0.25) is 0 Å². The quantitative estimate of drug-likeness (QED) is 0.601. The third-order valence-electron chi connectivity index (χ3n) is 5.54. The molecule has 5 nitrogen and oxygen atoms in total. The van der Waals surface area contributed by atoms with Crippen molar-refractivity contribution in [3.8, 4) is 18.1 Å². The maximum atomic E-state index is 10.9. The lowest BCUT2D eigenvalue weighted by atomic mass is 10.0. The molecular weight excluding hydrogens is 386 g/mol. The van der Waals surface area contributed by atoms with Crippen molar-refractivity contribution >= 4 is 5.69 Å². The number of para-hydroxylation sites is 1. The fourth-order valence-electron chi connectivity index (χ4n) is 3.97. The predicted molar refractivity (Wildman–Crippen MR) is 123 cm³/mol. The molecule has 1 atom stereocenters. The Kier molecular flexibility index (Phi) is 6.83. The molecule has 1 fully saturated rings. The van der Waals surface area contributed by atoms with Gasteiger partial charge in [0.15, 0.2) is 0 Å². The molecule has 0 saturated carbocycles. The minimum absolute atomic E-state index is 0.284. The number of benzene rings is 2. The van der Waals surface area contributed by atoms with Gasteiger partial charge in [-0.25, -0.2) is 0 Å². The van der Waals surface area contributed by atoms with Gasteiger partial charge in [0.25, 0.3) is 0 Å². The number of aliphatic hydroxyl groups excluding tert-OH is 1. The fourth-order valence-corrected chi connectivity index (χ4v) is 3.97. The summed E-state index contributed by atoms with van der Waals surface area (Å²) in [6.07, 6.45) is 6.26. The van der Waals surface area contributed by atoms with Crippen LogP contribution in [0.15, 0.2) is 72.9 Å². The molecule has 1 aliphatic rings. The predicted octanol–water partition coefficient (Wildman–Crippen LogP) is 3.50. The number of aromatic nitrogens is 1. The number of terminal acetylenes is 1. The standard InChI is InChI=1S/C26H27N3O2/c1-2-18-31-22-9-7-8-21(19-22)20-28-14-16-29(17-15-28)25-12-4-3-10-23(25)26(30)24-11-5-6-13-27-24/h1,3-13,19,26,30H,14-18,20H2. The van der Waals surface area contributed by atoms with Crippen LogP contribution in [0.3, 0.4) is 0 Å². The third-order valence-corrected chi connectivity index (χ3v) is 5.54. The average Bonchev–Trinajstić information content (AvgIpc) is 2.83. The number of hydrogen-bond acceptors (Lipinski definition) is 5. The molecule has 1 aromatic heterocycles. The highest BCUT2D eigenvalue weighted by molar-refractivity contribution is 5.56. The Bertz CT molecular complexity index is 1020. The normalized spacial score (nSPS) is 15.3. The minimum atomic E-state index is -0.735. The zero-order chi connectivity index (χ0) is 21.5. The van der Waals surface area contributed by atoms with Gasteiger partial charge in [0, 0.05) is 50.2 Å². The van der Waals surface area contributed by atoms with Gasteiger partial charge in [-0.3, -0.25) is 9.88 Å². The Balaban J connectivity index is 1.40. The Morgan fingerprint density at radius 2 is 1.81 bits per heavy atom. The number of nitrogens with zero attached hydrogens (tertiary/aromatic N) is 3. The molecule has 1 unspecified atom stereocenters. The smallest absolute Gasteiger partial charge is 0.148 e. The van der Waals surface area contributed by atoms with Crippen LogP contribution in [0.1, 0.15) is 22.9 Å². The second-order valence-corrected chi connectivity index (χ2v) is 7.62. The molecule has 0 bridgehead atoms. The van der Waals surface area contributed by atoms with Crippen LogP contribution in [0.4, 0.5) is 5.69 Å². The van der Waals surface area contributed by atoms with Crippen molar-refractivity contribution in [3.05, 3.63) is 89.7 Å². The van der Waals surface area contributed by atoms with Gasteiger partial charge in [-0.1, -0.05) is 42.3 Å². The monoisotopic (exact) mass is 413 g/mol. The maximum Gasteiger partial charge on any atom is 0.148 e. The van der Waals surface area contributed by atoms with Crippen molar-refractivity contribution in [2.75, 3.05) is 37.7 Å². The maximum absolute atomic E-state index is 10.9. The molecular formula is C26H27N3O2. The van der Waals surface area contributed by atoms with Crippen LogP contribution in [-0.4, -0.2) is 47.8 Å². The molecule has 0 amide bonds. The summed E-state index contributed by atoms with van der Waals surface area (Å²) in [5, 5.41) is 10.9. The van der Waals surface area contributed by atoms with E-state index in [1.165, 1.54) is 5.56 Å². The lowest BCUT2D eigenvalue weighted by Gasteiger charge is -2.37. The fraction of sp³-hybridized carbons (Fsp3) is 0.269. The van der Waals surface area contributed by atoms with E-state index in [-0.39, 0.29) is 6.61 Å². The second kappa shape index (κ2) is 10.1. The van der Waals surface area contributed by atoms with Gasteiger partial charge < -0.3 is 14.7 Å². The summed E-state index contributed by atoms with van der Waals surface area (Å²) in [7, 11) is 0. The van der Waals surface area contributed by atoms with Gasteiger partial charge >= 0.3 is 0 Å². The SMILES string of the molecule is C#CCOc1cccc(CN2CCN(c3ccccc3C(O)c3ccccn3)CC2)c1. The van der Waals surface area contributed by atoms with Gasteiger partial charge in [0.2, 0.25) is 0 Å². The Morgan fingerprint density at radius 1 is 1.00 bits per heavy atom. The van der Waals surface area contributed by atoms with Crippen molar-refractivity contribution in [2.45, 2.75) is 12.6 Å². The number of hydrogen-bond donors (Lipinski definition) is 1. The highest BCUT2D eigenvalue weighted by Crippen LogP contribution is 2.30. The van der Waals surface area contributed by atoms with Gasteiger partial charge in [-0.2, -0.15) is 0 Å². The summed E-state index contributed by atoms with van der Waals surface area (Å²) in [4.78, 5) is 9.12. The number of rotatable bonds is 7. The highest BCUT2D eigenvalue weighted by Gasteiger charge is 2.22. The van der Waals surface area contributed by atoms with E-state index in [1.54, 1.807) is 6.20 Å². The molecule has 0 aliphatic carbocycles. The van der Waals surface area contributed by atoms with Gasteiger partial charge in [-0.05, 0) is 35.9 Å². The first-order valence-corrected chi connectivity index (χ1v) is 10.5. The van der Waals surface area contributed by atoms with Gasteiger partial charge in [0.1, 0.15) is 18.5 Å². The molecule has 4 rings (SSSR count). The van der Waals surface area contributed by atoms with E-state index in [1.807, 2.05) is 48.5 Å². The zero-order valence-electron chi connectivity index (χ0n) is 17.5. The molecule has 5 heteroatoms. The largest absolute Gasteiger partial charge is 0.481 e. The Labute approximate surface area is 183 Å². The van der Waals surface area contributed by atoms with E-state index in [9.17, 15) is 5.11 Å². The molecule has 31 heavy (non-hydrogen) atoms. The second-order valence-electron chi connectivity index (χ2n) is 7.62. The van der Waals surface area contributed by atoms with Crippen molar-refractivity contribution in [1.82, 2.24) is 9.88 Å². The summed E-state index contributed by atoms with van der Waals surface area (Å²) in [6, 6.07) is 21.8. The Hall–Kier alpha value is -3.33. The van der Waals surface area contributed by atoms with Crippen molar-refractivity contribution < 1.29 is 9.84 Å². The topological polar surface area (TPSA) is 48.8 Å². The summed E-state index contributed by atoms with van der Waals surface area (Å²) >= 11 is 0. The first-order chi connectivity index (χ1) is 15.2. The molecule has 2 heterocycles. The number of ether oxygens (including phenoxy) is 1. The van der Waals surface area contributed by atoms with E-state index in [4.69, 9.17) is 11.2 Å². The molecule has 0 spiro atoms. The van der Waals surface area contributed by atoms with E-state index in [0.717, 1.165) is 49.7 Å². The van der Waals surface area contributed by atoms with E-state index in [2.05, 4.69) is 38.9 Å². The average molecular weight is 414 g/mol. The third kappa shape index (κ3) is 5.24. The van der Waals surface area contributed by atoms with Crippen LogP contribution >= 0.6 is 0 Å². The lowest BCUT2D eigenvalue weighted by Crippen LogP contribution is -2.46. The summed E-state index contributed by atoms with van der Waals surface area (Å²) in [6.45, 7) is 4.86. The number of piperazine rings is 1. The molecule has 1 N–H and O–H groups in total. The van der Waals surface area contributed by atoms with Crippen LogP contribution in [0.25, 0.3) is 0 Å². The number of anilines is 1. The first kappa shape index (κ1) is 20.9. The van der Waals surface area contributed by atoms with Gasteiger partial charge in [0.05, 0.1) is 5.69 Å². The molecule has 2 aromatic carbocycles. The van der Waals surface area contributed by atoms with Crippen LogP contribution in [0, 0.1) is 12.3 Å². The van der Waals surface area contributed by atoms with Crippen LogP contribution in [0.5, 0.6) is 5.75 Å². The van der Waals surface area contributed by atoms with E-state index < -0.39 is 6.10 Å². The van der Waals surface area contributed by atoms with E-state index in [0.29, 0.717) is 5.69 Å². The molecule has 158 valence electrons. The zero-order valence-corrected chi connectivity index (χ0v) is 17.5. The molecule has 3 aromatic rings. The van der Waals surface area contributed by atoms with Crippen molar-refractivity contribution in [3.63, 3.8) is 0 Å². The van der Waals surface area contributed by atoms with Crippen LogP contribution in [-0.2, 0) is 6.54 Å². The first-order valence-electron chi connectivity index (χ1n) is 10.5. The highest BCUT2D eigenvalue weighted by atomic mass is 16.5. The Morgan fingerprint density at radius 3 is 2.58 bits per heavy atom. The molecule has 1 aliphatic heterocycles. The number of pyridine rings is 1. The van der Waals surface area contributed by atoms with Crippen LogP contribution < -0.4 is 9.64 Å². The summed E-state index contributed by atoms with van der Waals surface area (Å²) in [5.41, 5.74) is 3.85. The summed E-state index contributed by atoms with van der Waals surface area (Å²) in [5.74, 6) is 3.31. The molecule has 1 saturated heterocycles. The number of aliphatic hydroxyl groups is 1. The van der Waals surface area contributed by atoms with E-state index >= 15 is 0 Å². The minimum Gasteiger partial charge on any atom is -0.481 e. The summed E-state index contributed by atoms with van der Waals surface area (Å²) < 4.78 is 5.54. The molecule has 0 radical (unpaired) electrons. The van der Waals surface area contributed by atoms with Crippen molar-refractivity contribution in [1.29, 1.82) is 0 Å². The lowest BCUT2D eigenvalue weighted by molar-refractivity contribution is 0.214. The van der Waals surface area contributed by atoms with Gasteiger partial charge in [-0.15, -0.1) is 6.42 Å². The van der Waals surface area contributed by atoms with Crippen molar-refractivity contribution in [2.24, 2.45) is 0 Å².